The molecule has 1 aromatic carbocycles. The van der Waals surface area contributed by atoms with Crippen molar-refractivity contribution >= 4 is 11.6 Å². The topological polar surface area (TPSA) is 52.6 Å². The molecule has 2 rings (SSSR count). The molecular weight excluding hydrogens is 232 g/mol. The molecule has 1 saturated carbocycles. The van der Waals surface area contributed by atoms with Gasteiger partial charge >= 0.3 is 0 Å². The lowest BCUT2D eigenvalue weighted by Gasteiger charge is -2.11. The van der Waals surface area contributed by atoms with E-state index in [1.165, 1.54) is 7.11 Å². The monoisotopic (exact) mass is 248 g/mol. The van der Waals surface area contributed by atoms with E-state index in [9.17, 15) is 9.59 Å². The smallest absolute Gasteiger partial charge is 0.173 e. The number of hydrogen-bond donors (Lipinski definition) is 0. The lowest BCUT2D eigenvalue weighted by atomic mass is 9.95. The molecule has 1 fully saturated rings. The van der Waals surface area contributed by atoms with Gasteiger partial charge in [-0.15, -0.1) is 0 Å². The van der Waals surface area contributed by atoms with E-state index in [0.29, 0.717) is 29.9 Å². The fraction of sp³-hybridized carbons (Fsp3) is 0.429. The molecule has 0 N–H and O–H groups in total. The van der Waals surface area contributed by atoms with Gasteiger partial charge in [0.05, 0.1) is 20.1 Å². The van der Waals surface area contributed by atoms with Gasteiger partial charge in [-0.3, -0.25) is 9.59 Å². The summed E-state index contributed by atoms with van der Waals surface area (Å²) in [5.74, 6) is 0.553. The zero-order chi connectivity index (χ0) is 13.1. The SMILES string of the molecule is COc1ccc(C(=O)C2CCCC2=O)cc1OC. The quantitative estimate of drug-likeness (QED) is 0.605. The minimum atomic E-state index is -0.469. The highest BCUT2D eigenvalue weighted by molar-refractivity contribution is 6.11. The van der Waals surface area contributed by atoms with E-state index in [-0.39, 0.29) is 11.6 Å². The summed E-state index contributed by atoms with van der Waals surface area (Å²) < 4.78 is 10.3. The number of benzene rings is 1. The van der Waals surface area contributed by atoms with Crippen molar-refractivity contribution in [3.05, 3.63) is 23.8 Å². The Morgan fingerprint density at radius 2 is 1.94 bits per heavy atom. The number of hydrogen-bond acceptors (Lipinski definition) is 4. The molecule has 1 aromatic rings. The van der Waals surface area contributed by atoms with Gasteiger partial charge in [-0.1, -0.05) is 0 Å². The first-order chi connectivity index (χ1) is 8.67. The molecule has 0 radical (unpaired) electrons. The third-order valence-electron chi connectivity index (χ3n) is 3.29. The molecule has 1 atom stereocenters. The molecule has 0 aromatic heterocycles. The van der Waals surface area contributed by atoms with Gasteiger partial charge in [0.15, 0.2) is 17.3 Å². The molecule has 1 unspecified atom stereocenters. The zero-order valence-corrected chi connectivity index (χ0v) is 10.6. The van der Waals surface area contributed by atoms with Gasteiger partial charge in [0, 0.05) is 12.0 Å². The first-order valence-corrected chi connectivity index (χ1v) is 5.96. The Hall–Kier alpha value is -1.84. The van der Waals surface area contributed by atoms with Gasteiger partial charge in [0.25, 0.3) is 0 Å². The summed E-state index contributed by atoms with van der Waals surface area (Å²) in [6, 6.07) is 4.99. The van der Waals surface area contributed by atoms with Crippen molar-refractivity contribution in [2.75, 3.05) is 14.2 Å². The third kappa shape index (κ3) is 2.23. The van der Waals surface area contributed by atoms with Crippen LogP contribution in [0.5, 0.6) is 11.5 Å². The highest BCUT2D eigenvalue weighted by Gasteiger charge is 2.31. The number of rotatable bonds is 4. The fourth-order valence-electron chi connectivity index (χ4n) is 2.28. The molecule has 4 heteroatoms. The summed E-state index contributed by atoms with van der Waals surface area (Å²) in [5.41, 5.74) is 0.507. The van der Waals surface area contributed by atoms with Crippen LogP contribution in [-0.2, 0) is 4.79 Å². The Morgan fingerprint density at radius 1 is 1.22 bits per heavy atom. The Morgan fingerprint density at radius 3 is 2.50 bits per heavy atom. The number of ketones is 2. The van der Waals surface area contributed by atoms with Crippen LogP contribution in [0.3, 0.4) is 0 Å². The van der Waals surface area contributed by atoms with E-state index in [2.05, 4.69) is 0 Å². The van der Waals surface area contributed by atoms with Crippen molar-refractivity contribution < 1.29 is 19.1 Å². The Bertz CT molecular complexity index is 479. The van der Waals surface area contributed by atoms with Gasteiger partial charge in [-0.25, -0.2) is 0 Å². The first-order valence-electron chi connectivity index (χ1n) is 5.96. The number of Topliss-reactive ketones (excluding diaryl/α,β-unsaturated/α-hetero) is 2. The summed E-state index contributed by atoms with van der Waals surface area (Å²) in [7, 11) is 3.06. The Kier molecular flexibility index (Phi) is 3.65. The van der Waals surface area contributed by atoms with E-state index in [1.807, 2.05) is 0 Å². The minimum Gasteiger partial charge on any atom is -0.493 e. The maximum absolute atomic E-state index is 12.2. The largest absolute Gasteiger partial charge is 0.493 e. The van der Waals surface area contributed by atoms with E-state index in [1.54, 1.807) is 25.3 Å². The summed E-state index contributed by atoms with van der Waals surface area (Å²) in [5, 5.41) is 0. The van der Waals surface area contributed by atoms with Gasteiger partial charge in [-0.05, 0) is 31.0 Å². The van der Waals surface area contributed by atoms with Crippen LogP contribution in [0.1, 0.15) is 29.6 Å². The predicted octanol–water partition coefficient (Wildman–Crippen LogP) is 2.26. The van der Waals surface area contributed by atoms with Crippen molar-refractivity contribution in [3.63, 3.8) is 0 Å². The summed E-state index contributed by atoms with van der Waals surface area (Å²) in [6.07, 6.45) is 1.98. The molecule has 0 aliphatic heterocycles. The summed E-state index contributed by atoms with van der Waals surface area (Å²) in [4.78, 5) is 23.8. The molecule has 96 valence electrons. The molecule has 18 heavy (non-hydrogen) atoms. The van der Waals surface area contributed by atoms with Gasteiger partial charge in [0.1, 0.15) is 5.78 Å². The van der Waals surface area contributed by atoms with Crippen LogP contribution in [0.4, 0.5) is 0 Å². The van der Waals surface area contributed by atoms with Crippen molar-refractivity contribution in [1.29, 1.82) is 0 Å². The van der Waals surface area contributed by atoms with Gasteiger partial charge in [0.2, 0.25) is 0 Å². The molecule has 1 aliphatic rings. The third-order valence-corrected chi connectivity index (χ3v) is 3.29. The van der Waals surface area contributed by atoms with Crippen LogP contribution in [0, 0.1) is 5.92 Å². The molecule has 0 bridgehead atoms. The van der Waals surface area contributed by atoms with Crippen LogP contribution < -0.4 is 9.47 Å². The molecule has 0 saturated heterocycles. The maximum atomic E-state index is 12.2. The second kappa shape index (κ2) is 5.21. The van der Waals surface area contributed by atoms with Crippen molar-refractivity contribution in [1.82, 2.24) is 0 Å². The van der Waals surface area contributed by atoms with Crippen LogP contribution in [0.25, 0.3) is 0 Å². The molecule has 0 spiro atoms. The first kappa shape index (κ1) is 12.6. The number of carbonyl (C=O) groups is 2. The summed E-state index contributed by atoms with van der Waals surface area (Å²) in [6.45, 7) is 0. The average molecular weight is 248 g/mol. The Balaban J connectivity index is 2.28. The van der Waals surface area contributed by atoms with Crippen molar-refractivity contribution in [3.8, 4) is 11.5 Å². The number of ether oxygens (including phenoxy) is 2. The number of carbonyl (C=O) groups excluding carboxylic acids is 2. The minimum absolute atomic E-state index is 0.0507. The second-order valence-electron chi connectivity index (χ2n) is 4.35. The van der Waals surface area contributed by atoms with Gasteiger partial charge < -0.3 is 9.47 Å². The Labute approximate surface area is 106 Å². The highest BCUT2D eigenvalue weighted by Crippen LogP contribution is 2.31. The van der Waals surface area contributed by atoms with Gasteiger partial charge in [-0.2, -0.15) is 0 Å². The van der Waals surface area contributed by atoms with Crippen LogP contribution in [0.2, 0.25) is 0 Å². The maximum Gasteiger partial charge on any atom is 0.173 e. The molecule has 1 aliphatic carbocycles. The molecule has 0 amide bonds. The summed E-state index contributed by atoms with van der Waals surface area (Å²) >= 11 is 0. The zero-order valence-electron chi connectivity index (χ0n) is 10.6. The molecule has 0 heterocycles. The molecular formula is C14H16O4. The van der Waals surface area contributed by atoms with Crippen LogP contribution in [-0.4, -0.2) is 25.8 Å². The second-order valence-corrected chi connectivity index (χ2v) is 4.35. The van der Waals surface area contributed by atoms with Crippen LogP contribution in [0.15, 0.2) is 18.2 Å². The average Bonchev–Trinajstić information content (AvgIpc) is 2.83. The standard InChI is InChI=1S/C14H16O4/c1-17-12-7-6-9(8-13(12)18-2)14(16)10-4-3-5-11(10)15/h6-8,10H,3-5H2,1-2H3. The van der Waals surface area contributed by atoms with E-state index in [0.717, 1.165) is 6.42 Å². The van der Waals surface area contributed by atoms with E-state index in [4.69, 9.17) is 9.47 Å². The molecule has 4 nitrogen and oxygen atoms in total. The number of methoxy groups -OCH3 is 2. The van der Waals surface area contributed by atoms with Crippen molar-refractivity contribution in [2.45, 2.75) is 19.3 Å². The highest BCUT2D eigenvalue weighted by atomic mass is 16.5. The predicted molar refractivity (Wildman–Crippen MR) is 66.2 cm³/mol. The van der Waals surface area contributed by atoms with Crippen LogP contribution >= 0.6 is 0 Å². The lowest BCUT2D eigenvalue weighted by molar-refractivity contribution is -0.119. The van der Waals surface area contributed by atoms with Crippen molar-refractivity contribution in [2.24, 2.45) is 5.92 Å². The van der Waals surface area contributed by atoms with E-state index < -0.39 is 5.92 Å². The fourth-order valence-corrected chi connectivity index (χ4v) is 2.28. The normalized spacial score (nSPS) is 18.8. The van der Waals surface area contributed by atoms with E-state index >= 15 is 0 Å². The lowest BCUT2D eigenvalue weighted by Crippen LogP contribution is -2.18.